The smallest absolute Gasteiger partial charge is 0.251 e. The lowest BCUT2D eigenvalue weighted by atomic mass is 10.0. The Morgan fingerprint density at radius 3 is 2.50 bits per heavy atom. The van der Waals surface area contributed by atoms with E-state index in [4.69, 9.17) is 11.6 Å². The van der Waals surface area contributed by atoms with Gasteiger partial charge in [-0.15, -0.1) is 0 Å². The maximum absolute atomic E-state index is 11.7. The third kappa shape index (κ3) is 3.48. The highest BCUT2D eigenvalue weighted by Crippen LogP contribution is 2.15. The molecule has 6 nitrogen and oxygen atoms in total. The summed E-state index contributed by atoms with van der Waals surface area (Å²) < 4.78 is 0. The normalized spacial score (nSPS) is 14.8. The van der Waals surface area contributed by atoms with Crippen molar-refractivity contribution >= 4 is 29.3 Å². The van der Waals surface area contributed by atoms with E-state index < -0.39 is 17.7 Å². The van der Waals surface area contributed by atoms with Gasteiger partial charge in [-0.3, -0.25) is 25.2 Å². The van der Waals surface area contributed by atoms with Crippen LogP contribution in [0.1, 0.15) is 18.4 Å². The fourth-order valence-corrected chi connectivity index (χ4v) is 2.08. The first-order valence-electron chi connectivity index (χ1n) is 6.17. The number of carbonyl (C=O) groups is 3. The molecule has 0 spiro atoms. The summed E-state index contributed by atoms with van der Waals surface area (Å²) in [6.07, 6.45) is 0.294. The minimum absolute atomic E-state index is 0.107. The fraction of sp³-hybridized carbons (Fsp3) is 0.308. The van der Waals surface area contributed by atoms with Gasteiger partial charge in [0, 0.05) is 18.0 Å². The molecule has 3 N–H and O–H groups in total. The number of hydrogen-bond acceptors (Lipinski definition) is 3. The molecule has 106 valence electrons. The van der Waals surface area contributed by atoms with Gasteiger partial charge in [0.15, 0.2) is 0 Å². The first-order valence-corrected chi connectivity index (χ1v) is 6.55. The Bertz CT molecular complexity index is 531. The van der Waals surface area contributed by atoms with E-state index in [-0.39, 0.29) is 18.7 Å². The van der Waals surface area contributed by atoms with E-state index >= 15 is 0 Å². The van der Waals surface area contributed by atoms with Gasteiger partial charge in [-0.2, -0.15) is 0 Å². The van der Waals surface area contributed by atoms with Crippen molar-refractivity contribution in [3.8, 4) is 0 Å². The van der Waals surface area contributed by atoms with E-state index in [2.05, 4.69) is 16.2 Å². The van der Waals surface area contributed by atoms with Crippen LogP contribution in [0.3, 0.4) is 0 Å². The highest BCUT2D eigenvalue weighted by Gasteiger charge is 2.32. The van der Waals surface area contributed by atoms with E-state index in [1.54, 1.807) is 6.07 Å². The second kappa shape index (κ2) is 6.38. The SMILES string of the molecule is O=C(CCC1C(=O)NNC1=O)NCc1ccccc1Cl. The molecule has 0 saturated carbocycles. The van der Waals surface area contributed by atoms with Gasteiger partial charge < -0.3 is 5.32 Å². The van der Waals surface area contributed by atoms with Crippen LogP contribution in [0, 0.1) is 5.92 Å². The molecular formula is C13H14ClN3O3. The molecule has 0 aliphatic carbocycles. The number of rotatable bonds is 5. The van der Waals surface area contributed by atoms with Crippen LogP contribution in [0.15, 0.2) is 24.3 Å². The van der Waals surface area contributed by atoms with Gasteiger partial charge in [0.25, 0.3) is 11.8 Å². The van der Waals surface area contributed by atoms with Crippen LogP contribution in [0.2, 0.25) is 5.02 Å². The lowest BCUT2D eigenvalue weighted by molar-refractivity contribution is -0.128. The van der Waals surface area contributed by atoms with Gasteiger partial charge in [-0.05, 0) is 18.1 Å². The summed E-state index contributed by atoms with van der Waals surface area (Å²) in [5, 5.41) is 3.29. The van der Waals surface area contributed by atoms with Gasteiger partial charge >= 0.3 is 0 Å². The van der Waals surface area contributed by atoms with Crippen molar-refractivity contribution in [2.75, 3.05) is 0 Å². The molecule has 0 unspecified atom stereocenters. The number of halogens is 1. The summed E-state index contributed by atoms with van der Waals surface area (Å²) in [4.78, 5) is 34.2. The van der Waals surface area contributed by atoms with Gasteiger partial charge in [0.2, 0.25) is 5.91 Å². The predicted octanol–water partition coefficient (Wildman–Crippen LogP) is 0.514. The van der Waals surface area contributed by atoms with Crippen LogP contribution in [0.25, 0.3) is 0 Å². The lowest BCUT2D eigenvalue weighted by Crippen LogP contribution is -2.28. The molecule has 1 aliphatic rings. The van der Waals surface area contributed by atoms with Crippen LogP contribution in [-0.4, -0.2) is 17.7 Å². The van der Waals surface area contributed by atoms with Crippen molar-refractivity contribution in [3.63, 3.8) is 0 Å². The quantitative estimate of drug-likeness (QED) is 0.692. The van der Waals surface area contributed by atoms with Crippen molar-refractivity contribution in [3.05, 3.63) is 34.9 Å². The average molecular weight is 296 g/mol. The maximum Gasteiger partial charge on any atom is 0.251 e. The van der Waals surface area contributed by atoms with Crippen LogP contribution in [0.5, 0.6) is 0 Å². The molecular weight excluding hydrogens is 282 g/mol. The molecule has 0 radical (unpaired) electrons. The zero-order valence-corrected chi connectivity index (χ0v) is 11.4. The number of carbonyl (C=O) groups excluding carboxylic acids is 3. The Morgan fingerprint density at radius 2 is 1.85 bits per heavy atom. The van der Waals surface area contributed by atoms with Crippen molar-refractivity contribution in [2.45, 2.75) is 19.4 Å². The molecule has 20 heavy (non-hydrogen) atoms. The molecule has 1 aliphatic heterocycles. The Kier molecular flexibility index (Phi) is 4.57. The zero-order valence-electron chi connectivity index (χ0n) is 10.6. The van der Waals surface area contributed by atoms with Crippen LogP contribution in [-0.2, 0) is 20.9 Å². The number of amides is 3. The van der Waals surface area contributed by atoms with Crippen LogP contribution in [0.4, 0.5) is 0 Å². The molecule has 0 bridgehead atoms. The minimum atomic E-state index is -0.791. The fourth-order valence-electron chi connectivity index (χ4n) is 1.88. The van der Waals surface area contributed by atoms with E-state index in [1.165, 1.54) is 0 Å². The van der Waals surface area contributed by atoms with E-state index in [0.29, 0.717) is 11.6 Å². The van der Waals surface area contributed by atoms with Gasteiger partial charge in [-0.1, -0.05) is 29.8 Å². The summed E-state index contributed by atoms with van der Waals surface area (Å²) in [6.45, 7) is 0.321. The van der Waals surface area contributed by atoms with Gasteiger partial charge in [0.1, 0.15) is 5.92 Å². The maximum atomic E-state index is 11.7. The summed E-state index contributed by atoms with van der Waals surface area (Å²) >= 11 is 5.97. The zero-order chi connectivity index (χ0) is 14.5. The molecule has 2 rings (SSSR count). The minimum Gasteiger partial charge on any atom is -0.352 e. The number of hydrazine groups is 1. The Labute approximate surface area is 120 Å². The van der Waals surface area contributed by atoms with Crippen molar-refractivity contribution in [2.24, 2.45) is 5.92 Å². The molecule has 1 aromatic carbocycles. The monoisotopic (exact) mass is 295 g/mol. The Morgan fingerprint density at radius 1 is 1.20 bits per heavy atom. The summed E-state index contributed by atoms with van der Waals surface area (Å²) in [7, 11) is 0. The van der Waals surface area contributed by atoms with E-state index in [9.17, 15) is 14.4 Å². The molecule has 0 atom stereocenters. The standard InChI is InChI=1S/C13H14ClN3O3/c14-10-4-2-1-3-8(10)7-15-11(18)6-5-9-12(19)16-17-13(9)20/h1-4,9H,5-7H2,(H,15,18)(H,16,19)(H,17,20). The summed E-state index contributed by atoms with van der Waals surface area (Å²) in [5.41, 5.74) is 5.26. The Hall–Kier alpha value is -2.08. The highest BCUT2D eigenvalue weighted by atomic mass is 35.5. The molecule has 1 heterocycles. The topological polar surface area (TPSA) is 87.3 Å². The number of nitrogens with one attached hydrogen (secondary N) is 3. The van der Waals surface area contributed by atoms with Crippen molar-refractivity contribution in [1.29, 1.82) is 0 Å². The Balaban J connectivity index is 1.77. The highest BCUT2D eigenvalue weighted by molar-refractivity contribution is 6.31. The molecule has 1 aromatic rings. The van der Waals surface area contributed by atoms with E-state index in [1.807, 2.05) is 18.2 Å². The lowest BCUT2D eigenvalue weighted by Gasteiger charge is -2.07. The summed E-state index contributed by atoms with van der Waals surface area (Å²) in [6, 6.07) is 7.21. The van der Waals surface area contributed by atoms with E-state index in [0.717, 1.165) is 5.56 Å². The third-order valence-corrected chi connectivity index (χ3v) is 3.40. The average Bonchev–Trinajstić information content (AvgIpc) is 2.75. The molecule has 1 saturated heterocycles. The van der Waals surface area contributed by atoms with Crippen molar-refractivity contribution in [1.82, 2.24) is 16.2 Å². The van der Waals surface area contributed by atoms with Gasteiger partial charge in [-0.25, -0.2) is 0 Å². The molecule has 7 heteroatoms. The molecule has 0 aromatic heterocycles. The largest absolute Gasteiger partial charge is 0.352 e. The number of hydrogen-bond donors (Lipinski definition) is 3. The van der Waals surface area contributed by atoms with Crippen molar-refractivity contribution < 1.29 is 14.4 Å². The first kappa shape index (κ1) is 14.3. The predicted molar refractivity (Wildman–Crippen MR) is 72.3 cm³/mol. The molecule has 3 amide bonds. The van der Waals surface area contributed by atoms with Gasteiger partial charge in [0.05, 0.1) is 0 Å². The second-order valence-electron chi connectivity index (χ2n) is 4.44. The van der Waals surface area contributed by atoms with Crippen LogP contribution < -0.4 is 16.2 Å². The number of benzene rings is 1. The summed E-state index contributed by atoms with van der Waals surface area (Å²) in [5.74, 6) is -1.80. The molecule has 1 fully saturated rings. The van der Waals surface area contributed by atoms with Crippen LogP contribution >= 0.6 is 11.6 Å². The second-order valence-corrected chi connectivity index (χ2v) is 4.85. The first-order chi connectivity index (χ1) is 9.58. The third-order valence-electron chi connectivity index (χ3n) is 3.04.